The quantitative estimate of drug-likeness (QED) is 0.372. The molecule has 6 nitrogen and oxygen atoms in total. The van der Waals surface area contributed by atoms with Crippen LogP contribution in [0.4, 0.5) is 18.9 Å². The Kier molecular flexibility index (Phi) is 7.30. The maximum absolute atomic E-state index is 13.0. The lowest BCUT2D eigenvalue weighted by atomic mass is 10.1. The molecule has 0 saturated heterocycles. The van der Waals surface area contributed by atoms with E-state index in [-0.39, 0.29) is 17.0 Å². The van der Waals surface area contributed by atoms with Crippen LogP contribution in [-0.2, 0) is 30.5 Å². The molecule has 0 saturated carbocycles. The van der Waals surface area contributed by atoms with E-state index >= 15 is 0 Å². The summed E-state index contributed by atoms with van der Waals surface area (Å²) < 4.78 is 39.0. The molecule has 0 bridgehead atoms. The predicted octanol–water partition coefficient (Wildman–Crippen LogP) is 4.73. The third-order valence-electron chi connectivity index (χ3n) is 5.27. The lowest BCUT2D eigenvalue weighted by molar-refractivity contribution is -0.137. The van der Waals surface area contributed by atoms with Crippen LogP contribution in [-0.4, -0.2) is 33.1 Å². The molecule has 4 rings (SSSR count). The molecule has 0 spiro atoms. The highest BCUT2D eigenvalue weighted by Crippen LogP contribution is 2.36. The maximum atomic E-state index is 13.0. The Morgan fingerprint density at radius 2 is 1.97 bits per heavy atom. The second-order valence-electron chi connectivity index (χ2n) is 7.77. The molecule has 178 valence electrons. The zero-order valence-electron chi connectivity index (χ0n) is 17.8. The van der Waals surface area contributed by atoms with E-state index in [1.54, 1.807) is 0 Å². The maximum Gasteiger partial charge on any atom is 0.417 e. The normalized spacial score (nSPS) is 14.0. The van der Waals surface area contributed by atoms with Gasteiger partial charge in [-0.3, -0.25) is 14.5 Å². The first-order valence-electron chi connectivity index (χ1n) is 10.4. The molecule has 1 aliphatic heterocycles. The van der Waals surface area contributed by atoms with Gasteiger partial charge < -0.3 is 10.3 Å². The summed E-state index contributed by atoms with van der Waals surface area (Å²) in [5.74, 6) is -0.666. The number of benzene rings is 2. The molecule has 0 aliphatic carbocycles. The number of anilines is 1. The average Bonchev–Trinajstić information content (AvgIpc) is 2.79. The van der Waals surface area contributed by atoms with E-state index < -0.39 is 22.7 Å². The number of aromatic amines is 1. The number of fused-ring (bicyclic) bond motifs is 1. The third-order valence-corrected chi connectivity index (χ3v) is 6.47. The van der Waals surface area contributed by atoms with Gasteiger partial charge in [0.1, 0.15) is 0 Å². The number of thioether (sulfide) groups is 1. The Morgan fingerprint density at radius 3 is 2.71 bits per heavy atom. The van der Waals surface area contributed by atoms with Crippen LogP contribution < -0.4 is 10.9 Å². The summed E-state index contributed by atoms with van der Waals surface area (Å²) in [5, 5.41) is 2.26. The Balaban J connectivity index is 1.37. The zero-order valence-corrected chi connectivity index (χ0v) is 19.4. The zero-order chi connectivity index (χ0) is 24.3. The standard InChI is InChI=1S/C23H20ClF3N4O2S/c24-18-7-6-15(10-17(18)23(25,26)27)28-20(32)13-34-22-29-19-8-9-31(12-16(19)21(33)30-22)11-14-4-2-1-3-5-14/h1-7,10H,8-9,11-13H2,(H,28,32)(H,29,30,33). The smallest absolute Gasteiger partial charge is 0.325 e. The minimum Gasteiger partial charge on any atom is -0.325 e. The summed E-state index contributed by atoms with van der Waals surface area (Å²) in [6, 6.07) is 13.1. The fourth-order valence-corrected chi connectivity index (χ4v) is 4.56. The van der Waals surface area contributed by atoms with E-state index in [1.165, 1.54) is 6.07 Å². The molecule has 1 amide bonds. The highest BCUT2D eigenvalue weighted by atomic mass is 35.5. The fourth-order valence-electron chi connectivity index (χ4n) is 3.65. The van der Waals surface area contributed by atoms with E-state index in [1.807, 2.05) is 30.3 Å². The first-order chi connectivity index (χ1) is 16.2. The van der Waals surface area contributed by atoms with Crippen LogP contribution in [0.15, 0.2) is 58.5 Å². The molecular formula is C23H20ClF3N4O2S. The van der Waals surface area contributed by atoms with Crippen molar-refractivity contribution in [3.8, 4) is 0 Å². The number of halogens is 4. The van der Waals surface area contributed by atoms with Crippen molar-refractivity contribution in [2.75, 3.05) is 17.6 Å². The number of carbonyl (C=O) groups excluding carboxylic acids is 1. The number of carbonyl (C=O) groups is 1. The van der Waals surface area contributed by atoms with Gasteiger partial charge in [0.15, 0.2) is 5.16 Å². The number of aromatic nitrogens is 2. The first-order valence-corrected chi connectivity index (χ1v) is 11.7. The van der Waals surface area contributed by atoms with Gasteiger partial charge in [0.05, 0.1) is 27.6 Å². The molecule has 0 unspecified atom stereocenters. The van der Waals surface area contributed by atoms with Gasteiger partial charge in [-0.2, -0.15) is 13.2 Å². The summed E-state index contributed by atoms with van der Waals surface area (Å²) in [5.41, 5.74) is 1.17. The van der Waals surface area contributed by atoms with E-state index in [0.717, 1.165) is 42.5 Å². The summed E-state index contributed by atoms with van der Waals surface area (Å²) in [4.78, 5) is 34.2. The Labute approximate surface area is 202 Å². The molecule has 0 atom stereocenters. The van der Waals surface area contributed by atoms with Crippen molar-refractivity contribution < 1.29 is 18.0 Å². The molecule has 0 radical (unpaired) electrons. The average molecular weight is 509 g/mol. The van der Waals surface area contributed by atoms with Gasteiger partial charge in [0, 0.05) is 31.7 Å². The number of hydrogen-bond donors (Lipinski definition) is 2. The van der Waals surface area contributed by atoms with Crippen molar-refractivity contribution in [2.24, 2.45) is 0 Å². The fraction of sp³-hybridized carbons (Fsp3) is 0.261. The molecule has 2 aromatic carbocycles. The van der Waals surface area contributed by atoms with Gasteiger partial charge in [-0.25, -0.2) is 4.98 Å². The SMILES string of the molecule is O=C(CSc1nc2c(c(=O)[nH]1)CN(Cc1ccccc1)CC2)Nc1ccc(Cl)c(C(F)(F)F)c1. The first kappa shape index (κ1) is 24.3. The highest BCUT2D eigenvalue weighted by molar-refractivity contribution is 7.99. The van der Waals surface area contributed by atoms with Gasteiger partial charge >= 0.3 is 6.18 Å². The lowest BCUT2D eigenvalue weighted by Gasteiger charge is -2.27. The third kappa shape index (κ3) is 5.99. The Bertz CT molecular complexity index is 1250. The van der Waals surface area contributed by atoms with Crippen LogP contribution in [0.2, 0.25) is 5.02 Å². The number of hydrogen-bond acceptors (Lipinski definition) is 5. The molecule has 2 heterocycles. The topological polar surface area (TPSA) is 78.1 Å². The largest absolute Gasteiger partial charge is 0.417 e. The molecule has 1 aliphatic rings. The molecular weight excluding hydrogens is 489 g/mol. The summed E-state index contributed by atoms with van der Waals surface area (Å²) in [6.45, 7) is 1.97. The number of H-pyrrole nitrogens is 1. The number of nitrogens with one attached hydrogen (secondary N) is 2. The van der Waals surface area contributed by atoms with Gasteiger partial charge in [-0.1, -0.05) is 53.7 Å². The van der Waals surface area contributed by atoms with Crippen LogP contribution in [0.1, 0.15) is 22.4 Å². The van der Waals surface area contributed by atoms with Crippen molar-refractivity contribution in [3.05, 3.63) is 86.3 Å². The lowest BCUT2D eigenvalue weighted by Crippen LogP contribution is -2.35. The van der Waals surface area contributed by atoms with E-state index in [9.17, 15) is 22.8 Å². The van der Waals surface area contributed by atoms with Crippen LogP contribution in [0, 0.1) is 0 Å². The number of rotatable bonds is 6. The van der Waals surface area contributed by atoms with Crippen LogP contribution in [0.5, 0.6) is 0 Å². The van der Waals surface area contributed by atoms with Crippen LogP contribution in [0.3, 0.4) is 0 Å². The number of alkyl halides is 3. The highest BCUT2D eigenvalue weighted by Gasteiger charge is 2.33. The Morgan fingerprint density at radius 1 is 1.21 bits per heavy atom. The van der Waals surface area contributed by atoms with E-state index in [4.69, 9.17) is 11.6 Å². The van der Waals surface area contributed by atoms with Crippen molar-refractivity contribution in [1.82, 2.24) is 14.9 Å². The Hall–Kier alpha value is -2.82. The summed E-state index contributed by atoms with van der Waals surface area (Å²) >= 11 is 6.61. The molecule has 11 heteroatoms. The second-order valence-corrected chi connectivity index (χ2v) is 9.14. The summed E-state index contributed by atoms with van der Waals surface area (Å²) in [6.07, 6.45) is -4.02. The van der Waals surface area contributed by atoms with Crippen molar-refractivity contribution >= 4 is 35.0 Å². The van der Waals surface area contributed by atoms with Gasteiger partial charge in [0.25, 0.3) is 5.56 Å². The van der Waals surface area contributed by atoms with Crippen molar-refractivity contribution in [1.29, 1.82) is 0 Å². The van der Waals surface area contributed by atoms with E-state index in [0.29, 0.717) is 29.4 Å². The van der Waals surface area contributed by atoms with E-state index in [2.05, 4.69) is 20.2 Å². The summed E-state index contributed by atoms with van der Waals surface area (Å²) in [7, 11) is 0. The van der Waals surface area contributed by atoms with Gasteiger partial charge in [-0.15, -0.1) is 0 Å². The van der Waals surface area contributed by atoms with Gasteiger partial charge in [-0.05, 0) is 23.8 Å². The van der Waals surface area contributed by atoms with Crippen molar-refractivity contribution in [3.63, 3.8) is 0 Å². The molecule has 1 aromatic heterocycles. The molecule has 2 N–H and O–H groups in total. The number of nitrogens with zero attached hydrogens (tertiary/aromatic N) is 2. The van der Waals surface area contributed by atoms with Crippen LogP contribution >= 0.6 is 23.4 Å². The monoisotopic (exact) mass is 508 g/mol. The van der Waals surface area contributed by atoms with Gasteiger partial charge in [0.2, 0.25) is 5.91 Å². The second kappa shape index (κ2) is 10.2. The minimum atomic E-state index is -4.63. The minimum absolute atomic E-state index is 0.0206. The predicted molar refractivity (Wildman–Crippen MR) is 125 cm³/mol. The molecule has 0 fully saturated rings. The molecule has 34 heavy (non-hydrogen) atoms. The number of amides is 1. The van der Waals surface area contributed by atoms with Crippen molar-refractivity contribution in [2.45, 2.75) is 30.8 Å². The van der Waals surface area contributed by atoms with Crippen LogP contribution in [0.25, 0.3) is 0 Å². The molecule has 3 aromatic rings.